The van der Waals surface area contributed by atoms with Crippen LogP contribution in [-0.2, 0) is 0 Å². The summed E-state index contributed by atoms with van der Waals surface area (Å²) in [6.45, 7) is 0. The van der Waals surface area contributed by atoms with E-state index in [1.807, 2.05) is 17.6 Å². The maximum Gasteiger partial charge on any atom is 0.140 e. The van der Waals surface area contributed by atoms with Crippen molar-refractivity contribution in [2.24, 2.45) is 17.8 Å². The quantitative estimate of drug-likeness (QED) is 0.602. The molecular formula is C22H18FN3S. The second-order valence-corrected chi connectivity index (χ2v) is 9.02. The molecule has 0 radical (unpaired) electrons. The molecular weight excluding hydrogens is 357 g/mol. The molecule has 2 aliphatic carbocycles. The molecule has 2 bridgehead atoms. The largest absolute Gasteiger partial charge is 0.378 e. The number of rotatable bonds is 1. The van der Waals surface area contributed by atoms with Gasteiger partial charge in [0.15, 0.2) is 0 Å². The van der Waals surface area contributed by atoms with E-state index in [-0.39, 0.29) is 11.6 Å². The van der Waals surface area contributed by atoms with Gasteiger partial charge in [-0.15, -0.1) is 11.3 Å². The van der Waals surface area contributed by atoms with Crippen LogP contribution in [-0.4, -0.2) is 4.98 Å². The highest BCUT2D eigenvalue weighted by Gasteiger charge is 2.54. The van der Waals surface area contributed by atoms with Gasteiger partial charge in [-0.1, -0.05) is 6.07 Å². The molecule has 2 saturated carbocycles. The Morgan fingerprint density at radius 1 is 1.19 bits per heavy atom. The molecule has 2 heterocycles. The summed E-state index contributed by atoms with van der Waals surface area (Å²) in [7, 11) is 0. The number of nitrogens with zero attached hydrogens (tertiary/aromatic N) is 2. The summed E-state index contributed by atoms with van der Waals surface area (Å²) in [5, 5.41) is 13.0. The molecule has 134 valence electrons. The van der Waals surface area contributed by atoms with Crippen molar-refractivity contribution in [3.63, 3.8) is 0 Å². The van der Waals surface area contributed by atoms with Crippen molar-refractivity contribution in [3.05, 3.63) is 58.3 Å². The Labute approximate surface area is 160 Å². The van der Waals surface area contributed by atoms with Crippen molar-refractivity contribution >= 4 is 27.2 Å². The van der Waals surface area contributed by atoms with Crippen LogP contribution >= 0.6 is 11.3 Å². The molecule has 3 nitrogen and oxygen atoms in total. The molecule has 0 spiro atoms. The minimum Gasteiger partial charge on any atom is -0.378 e. The zero-order valence-electron chi connectivity index (χ0n) is 14.7. The highest BCUT2D eigenvalue weighted by atomic mass is 32.1. The van der Waals surface area contributed by atoms with Crippen molar-refractivity contribution in [1.82, 2.24) is 4.98 Å². The number of hydrogen-bond donors (Lipinski definition) is 1. The predicted molar refractivity (Wildman–Crippen MR) is 104 cm³/mol. The second-order valence-electron chi connectivity index (χ2n) is 8.14. The van der Waals surface area contributed by atoms with Gasteiger partial charge in [0.25, 0.3) is 0 Å². The minimum absolute atomic E-state index is 0.126. The standard InChI is InChI=1S/C22H18FN3S/c23-15-4-3-13(8-14(15)9-24)21-19-12-2-1-11(7-12)18(19)20-16(26-21)5-6-17-22(20)25-10-27-17/h3-6,8,10-12,18-19,21,26H,1-2,7H2/t11-,12?,18+,19-,21+/m1/s1. The first kappa shape index (κ1) is 15.6. The lowest BCUT2D eigenvalue weighted by Gasteiger charge is -2.43. The SMILES string of the molecule is N#Cc1cc([C@@H]2Nc3ccc4scnc4c3[C@H]3[C@@H]4CCC(C4)[C@H]32)ccc1F. The van der Waals surface area contributed by atoms with E-state index in [1.165, 1.54) is 35.6 Å². The summed E-state index contributed by atoms with van der Waals surface area (Å²) in [6.07, 6.45) is 3.85. The molecule has 2 aromatic carbocycles. The van der Waals surface area contributed by atoms with Crippen molar-refractivity contribution in [1.29, 1.82) is 5.26 Å². The van der Waals surface area contributed by atoms with Crippen LogP contribution < -0.4 is 5.32 Å². The molecule has 5 heteroatoms. The van der Waals surface area contributed by atoms with Crippen molar-refractivity contribution in [3.8, 4) is 6.07 Å². The van der Waals surface area contributed by atoms with Crippen molar-refractivity contribution < 1.29 is 4.39 Å². The first-order valence-electron chi connectivity index (χ1n) is 9.57. The van der Waals surface area contributed by atoms with Crippen LogP contribution in [0.2, 0.25) is 0 Å². The summed E-state index contributed by atoms with van der Waals surface area (Å²) in [6, 6.07) is 11.5. The Morgan fingerprint density at radius 2 is 2.07 bits per heavy atom. The number of halogens is 1. The third kappa shape index (κ3) is 2.08. The number of benzene rings is 2. The van der Waals surface area contributed by atoms with E-state index >= 15 is 0 Å². The Kier molecular flexibility index (Phi) is 3.19. The number of nitrogens with one attached hydrogen (secondary N) is 1. The molecule has 0 saturated heterocycles. The number of aromatic nitrogens is 1. The Bertz CT molecular complexity index is 1110. The Morgan fingerprint density at radius 3 is 2.96 bits per heavy atom. The summed E-state index contributed by atoms with van der Waals surface area (Å²) in [5.74, 6) is 1.96. The van der Waals surface area contributed by atoms with Crippen LogP contribution in [0.4, 0.5) is 10.1 Å². The van der Waals surface area contributed by atoms with Gasteiger partial charge in [-0.2, -0.15) is 5.26 Å². The molecule has 3 aromatic rings. The summed E-state index contributed by atoms with van der Waals surface area (Å²) < 4.78 is 15.1. The van der Waals surface area contributed by atoms with E-state index in [4.69, 9.17) is 4.98 Å². The molecule has 27 heavy (non-hydrogen) atoms. The van der Waals surface area contributed by atoms with Gasteiger partial charge >= 0.3 is 0 Å². The molecule has 1 aromatic heterocycles. The fourth-order valence-electron chi connectivity index (χ4n) is 6.05. The number of nitriles is 1. The number of anilines is 1. The zero-order chi connectivity index (χ0) is 18.1. The maximum atomic E-state index is 13.9. The van der Waals surface area contributed by atoms with Gasteiger partial charge < -0.3 is 5.32 Å². The van der Waals surface area contributed by atoms with Crippen molar-refractivity contribution in [2.45, 2.75) is 31.2 Å². The van der Waals surface area contributed by atoms with E-state index in [1.54, 1.807) is 17.4 Å². The topological polar surface area (TPSA) is 48.7 Å². The van der Waals surface area contributed by atoms with Crippen LogP contribution in [0.5, 0.6) is 0 Å². The predicted octanol–water partition coefficient (Wildman–Crippen LogP) is 5.60. The fourth-order valence-corrected chi connectivity index (χ4v) is 6.74. The molecule has 0 amide bonds. The lowest BCUT2D eigenvalue weighted by atomic mass is 9.67. The van der Waals surface area contributed by atoms with Crippen LogP contribution in [0.1, 0.15) is 47.9 Å². The normalized spacial score (nSPS) is 30.6. The third-order valence-electron chi connectivity index (χ3n) is 7.02. The monoisotopic (exact) mass is 375 g/mol. The summed E-state index contributed by atoms with van der Waals surface area (Å²) in [4.78, 5) is 4.70. The third-order valence-corrected chi connectivity index (χ3v) is 7.82. The molecule has 1 unspecified atom stereocenters. The lowest BCUT2D eigenvalue weighted by Crippen LogP contribution is -2.35. The van der Waals surface area contributed by atoms with Crippen LogP contribution in [0.15, 0.2) is 35.8 Å². The molecule has 2 fully saturated rings. The Balaban J connectivity index is 1.55. The molecule has 1 aliphatic heterocycles. The van der Waals surface area contributed by atoms with Gasteiger partial charge in [-0.05, 0) is 72.8 Å². The fraction of sp³-hybridized carbons (Fsp3) is 0.364. The van der Waals surface area contributed by atoms with Crippen LogP contribution in [0.3, 0.4) is 0 Å². The average molecular weight is 375 g/mol. The number of fused-ring (bicyclic) bond motifs is 9. The number of thiazole rings is 1. The van der Waals surface area contributed by atoms with Crippen molar-refractivity contribution in [2.75, 3.05) is 5.32 Å². The highest BCUT2D eigenvalue weighted by Crippen LogP contribution is 2.64. The smallest absolute Gasteiger partial charge is 0.140 e. The van der Waals surface area contributed by atoms with E-state index in [0.29, 0.717) is 23.7 Å². The van der Waals surface area contributed by atoms with Crippen LogP contribution in [0.25, 0.3) is 10.2 Å². The highest BCUT2D eigenvalue weighted by molar-refractivity contribution is 7.16. The summed E-state index contributed by atoms with van der Waals surface area (Å²) >= 11 is 1.70. The van der Waals surface area contributed by atoms with Gasteiger partial charge in [-0.3, -0.25) is 0 Å². The molecule has 1 N–H and O–H groups in total. The maximum absolute atomic E-state index is 13.9. The number of hydrogen-bond acceptors (Lipinski definition) is 4. The molecule has 3 aliphatic rings. The second kappa shape index (κ2) is 5.53. The van der Waals surface area contributed by atoms with Gasteiger partial charge in [0.2, 0.25) is 0 Å². The minimum atomic E-state index is -0.439. The van der Waals surface area contributed by atoms with Crippen LogP contribution in [0, 0.1) is 34.9 Å². The van der Waals surface area contributed by atoms with E-state index < -0.39 is 5.82 Å². The van der Waals surface area contributed by atoms with E-state index in [0.717, 1.165) is 16.8 Å². The molecule has 6 rings (SSSR count). The Hall–Kier alpha value is -2.45. The molecule has 5 atom stereocenters. The first-order valence-corrected chi connectivity index (χ1v) is 10.4. The van der Waals surface area contributed by atoms with E-state index in [2.05, 4.69) is 17.4 Å². The van der Waals surface area contributed by atoms with E-state index in [9.17, 15) is 9.65 Å². The van der Waals surface area contributed by atoms with Gasteiger partial charge in [0.05, 0.1) is 27.3 Å². The average Bonchev–Trinajstić information content (AvgIpc) is 3.43. The van der Waals surface area contributed by atoms with Gasteiger partial charge in [0.1, 0.15) is 11.9 Å². The first-order chi connectivity index (χ1) is 13.2. The lowest BCUT2D eigenvalue weighted by molar-refractivity contribution is 0.248. The van der Waals surface area contributed by atoms with Gasteiger partial charge in [-0.25, -0.2) is 9.37 Å². The zero-order valence-corrected chi connectivity index (χ0v) is 15.5. The van der Waals surface area contributed by atoms with Gasteiger partial charge in [0, 0.05) is 11.3 Å². The summed E-state index contributed by atoms with van der Waals surface area (Å²) in [5.41, 5.74) is 6.82.